The number of phenols is 1. The van der Waals surface area contributed by atoms with E-state index in [-0.39, 0.29) is 11.5 Å². The Balaban J connectivity index is 1.72. The molecular weight excluding hydrogens is 378 g/mol. The summed E-state index contributed by atoms with van der Waals surface area (Å²) in [7, 11) is 0. The Hall–Kier alpha value is -3.78. The Morgan fingerprint density at radius 3 is 2.43 bits per heavy atom. The van der Waals surface area contributed by atoms with E-state index in [0.717, 1.165) is 12.0 Å². The minimum absolute atomic E-state index is 0.00163. The molecular formula is C25H23NO4. The number of carbonyl (C=O) groups excluding carboxylic acids is 1. The van der Waals surface area contributed by atoms with E-state index < -0.39 is 0 Å². The zero-order chi connectivity index (χ0) is 21.5. The Bertz CT molecular complexity index is 1080. The van der Waals surface area contributed by atoms with Crippen LogP contribution in [0.5, 0.6) is 23.0 Å². The largest absolute Gasteiger partial charge is 0.507 e. The lowest BCUT2D eigenvalue weighted by atomic mass is 10.0. The van der Waals surface area contributed by atoms with Crippen LogP contribution in [0.1, 0.15) is 47.3 Å². The average molecular weight is 401 g/mol. The van der Waals surface area contributed by atoms with E-state index in [9.17, 15) is 9.90 Å². The number of aromatic hydroxyl groups is 1. The van der Waals surface area contributed by atoms with Crippen LogP contribution in [0.3, 0.4) is 0 Å². The van der Waals surface area contributed by atoms with Gasteiger partial charge in [-0.3, -0.25) is 4.79 Å². The number of Topliss-reactive ketones (excluding diaryl/α,β-unsaturated/α-hetero) is 1. The normalized spacial score (nSPS) is 10.3. The molecule has 0 atom stereocenters. The van der Waals surface area contributed by atoms with Crippen LogP contribution in [0.4, 0.5) is 0 Å². The van der Waals surface area contributed by atoms with Crippen LogP contribution in [0.2, 0.25) is 0 Å². The van der Waals surface area contributed by atoms with E-state index in [2.05, 4.69) is 6.07 Å². The highest BCUT2D eigenvalue weighted by Gasteiger charge is 2.16. The van der Waals surface area contributed by atoms with Gasteiger partial charge in [0.25, 0.3) is 0 Å². The van der Waals surface area contributed by atoms with Crippen molar-refractivity contribution in [3.63, 3.8) is 0 Å². The van der Waals surface area contributed by atoms with Gasteiger partial charge in [-0.25, -0.2) is 0 Å². The number of phenolic OH excluding ortho intramolecular Hbond substituents is 1. The van der Waals surface area contributed by atoms with Crippen molar-refractivity contribution < 1.29 is 19.4 Å². The van der Waals surface area contributed by atoms with Crippen molar-refractivity contribution in [3.8, 4) is 29.1 Å². The number of carbonyl (C=O) groups is 1. The van der Waals surface area contributed by atoms with Crippen molar-refractivity contribution in [1.82, 2.24) is 0 Å². The molecule has 1 N–H and O–H groups in total. The highest BCUT2D eigenvalue weighted by atomic mass is 16.5. The maximum absolute atomic E-state index is 11.7. The first kappa shape index (κ1) is 20.9. The monoisotopic (exact) mass is 401 g/mol. The van der Waals surface area contributed by atoms with Crippen LogP contribution < -0.4 is 9.47 Å². The van der Waals surface area contributed by atoms with E-state index in [1.165, 1.54) is 6.92 Å². The van der Waals surface area contributed by atoms with Crippen LogP contribution in [0.25, 0.3) is 0 Å². The van der Waals surface area contributed by atoms with Gasteiger partial charge in [-0.15, -0.1) is 0 Å². The number of rotatable bonds is 8. The average Bonchev–Trinajstić information content (AvgIpc) is 2.75. The number of hydrogen-bond donors (Lipinski definition) is 1. The molecule has 3 rings (SSSR count). The van der Waals surface area contributed by atoms with Crippen molar-refractivity contribution in [2.24, 2.45) is 0 Å². The molecule has 3 aromatic rings. The summed E-state index contributed by atoms with van der Waals surface area (Å²) in [5.41, 5.74) is 2.36. The van der Waals surface area contributed by atoms with Gasteiger partial charge in [0.15, 0.2) is 5.78 Å². The second kappa shape index (κ2) is 9.62. The van der Waals surface area contributed by atoms with Crippen molar-refractivity contribution in [2.75, 3.05) is 0 Å². The molecule has 0 bridgehead atoms. The molecule has 0 unspecified atom stereocenters. The quantitative estimate of drug-likeness (QED) is 0.483. The lowest BCUT2D eigenvalue weighted by Crippen LogP contribution is -2.02. The molecule has 0 heterocycles. The number of ketones is 1. The maximum Gasteiger partial charge on any atom is 0.163 e. The van der Waals surface area contributed by atoms with Crippen LogP contribution in [0.15, 0.2) is 60.7 Å². The van der Waals surface area contributed by atoms with Crippen LogP contribution in [-0.4, -0.2) is 10.9 Å². The van der Waals surface area contributed by atoms with Gasteiger partial charge in [0.2, 0.25) is 0 Å². The summed E-state index contributed by atoms with van der Waals surface area (Å²) in [4.78, 5) is 11.7. The molecule has 0 radical (unpaired) electrons. The molecule has 0 aliphatic heterocycles. The number of nitriles is 1. The summed E-state index contributed by atoms with van der Waals surface area (Å²) in [6.07, 6.45) is 1.44. The zero-order valence-electron chi connectivity index (χ0n) is 17.0. The van der Waals surface area contributed by atoms with Gasteiger partial charge in [-0.05, 0) is 55.3 Å². The fourth-order valence-corrected chi connectivity index (χ4v) is 3.12. The van der Waals surface area contributed by atoms with Crippen molar-refractivity contribution >= 4 is 5.78 Å². The van der Waals surface area contributed by atoms with Gasteiger partial charge in [-0.2, -0.15) is 5.26 Å². The van der Waals surface area contributed by atoms with Gasteiger partial charge in [0.05, 0.1) is 11.1 Å². The fourth-order valence-electron chi connectivity index (χ4n) is 3.12. The summed E-state index contributed by atoms with van der Waals surface area (Å²) in [5, 5.41) is 19.6. The van der Waals surface area contributed by atoms with E-state index >= 15 is 0 Å². The predicted molar refractivity (Wildman–Crippen MR) is 114 cm³/mol. The Morgan fingerprint density at radius 2 is 1.77 bits per heavy atom. The number of benzene rings is 3. The minimum Gasteiger partial charge on any atom is -0.507 e. The van der Waals surface area contributed by atoms with Crippen LogP contribution in [-0.2, 0) is 13.0 Å². The molecule has 5 heteroatoms. The lowest BCUT2D eigenvalue weighted by Gasteiger charge is -2.15. The summed E-state index contributed by atoms with van der Waals surface area (Å²) in [6, 6.07) is 19.9. The standard InChI is InChI=1S/C25H23NO4/c1-3-6-22-24(14-13-21(17(2)27)25(22)28)29-16-18-9-11-20(12-10-18)30-23-8-5-4-7-19(23)15-26/h4-5,7-14,28H,3,6,16H2,1-2H3. The van der Waals surface area contributed by atoms with Gasteiger partial charge in [0, 0.05) is 5.56 Å². The fraction of sp³-hybridized carbons (Fsp3) is 0.200. The molecule has 0 aromatic heterocycles. The Labute approximate surface area is 176 Å². The first-order chi connectivity index (χ1) is 14.5. The van der Waals surface area contributed by atoms with Crippen LogP contribution >= 0.6 is 0 Å². The molecule has 0 aliphatic carbocycles. The van der Waals surface area contributed by atoms with E-state index in [1.54, 1.807) is 30.3 Å². The first-order valence-electron chi connectivity index (χ1n) is 9.78. The zero-order valence-corrected chi connectivity index (χ0v) is 17.0. The molecule has 5 nitrogen and oxygen atoms in total. The van der Waals surface area contributed by atoms with E-state index in [4.69, 9.17) is 14.7 Å². The topological polar surface area (TPSA) is 79.5 Å². The molecule has 0 amide bonds. The summed E-state index contributed by atoms with van der Waals surface area (Å²) >= 11 is 0. The van der Waals surface area contributed by atoms with Crippen LogP contribution in [0, 0.1) is 11.3 Å². The third-order valence-electron chi connectivity index (χ3n) is 4.67. The Kier molecular flexibility index (Phi) is 6.71. The number of nitrogens with zero attached hydrogens (tertiary/aromatic N) is 1. The van der Waals surface area contributed by atoms with Crippen molar-refractivity contribution in [1.29, 1.82) is 5.26 Å². The number of para-hydroxylation sites is 1. The van der Waals surface area contributed by atoms with Crippen molar-refractivity contribution in [2.45, 2.75) is 33.3 Å². The third-order valence-corrected chi connectivity index (χ3v) is 4.67. The second-order valence-corrected chi connectivity index (χ2v) is 6.89. The molecule has 152 valence electrons. The summed E-state index contributed by atoms with van der Waals surface area (Å²) < 4.78 is 11.7. The number of hydrogen-bond acceptors (Lipinski definition) is 5. The number of ether oxygens (including phenoxy) is 2. The van der Waals surface area contributed by atoms with Gasteiger partial charge >= 0.3 is 0 Å². The first-order valence-corrected chi connectivity index (χ1v) is 9.78. The molecule has 0 saturated heterocycles. The van der Waals surface area contributed by atoms with Gasteiger partial charge in [-0.1, -0.05) is 37.6 Å². The summed E-state index contributed by atoms with van der Waals surface area (Å²) in [6.45, 7) is 3.75. The minimum atomic E-state index is -0.176. The molecule has 0 fully saturated rings. The molecule has 0 aliphatic rings. The molecule has 30 heavy (non-hydrogen) atoms. The molecule has 3 aromatic carbocycles. The predicted octanol–water partition coefficient (Wildman–Crippen LogP) is 5.79. The SMILES string of the molecule is CCCc1c(OCc2ccc(Oc3ccccc3C#N)cc2)ccc(C(C)=O)c1O. The van der Waals surface area contributed by atoms with E-state index in [0.29, 0.717) is 47.0 Å². The maximum atomic E-state index is 11.7. The van der Waals surface area contributed by atoms with Crippen molar-refractivity contribution in [3.05, 3.63) is 82.9 Å². The molecule has 0 saturated carbocycles. The molecule has 0 spiro atoms. The highest BCUT2D eigenvalue weighted by molar-refractivity contribution is 5.97. The second-order valence-electron chi connectivity index (χ2n) is 6.89. The lowest BCUT2D eigenvalue weighted by molar-refractivity contribution is 0.101. The van der Waals surface area contributed by atoms with E-state index in [1.807, 2.05) is 37.3 Å². The van der Waals surface area contributed by atoms with Gasteiger partial charge in [0.1, 0.15) is 35.7 Å². The Morgan fingerprint density at radius 1 is 1.03 bits per heavy atom. The smallest absolute Gasteiger partial charge is 0.163 e. The highest BCUT2D eigenvalue weighted by Crippen LogP contribution is 2.33. The third kappa shape index (κ3) is 4.79. The summed E-state index contributed by atoms with van der Waals surface area (Å²) in [5.74, 6) is 1.53. The van der Waals surface area contributed by atoms with Gasteiger partial charge < -0.3 is 14.6 Å².